The predicted molar refractivity (Wildman–Crippen MR) is 159 cm³/mol. The number of anilines is 1. The second-order valence-corrected chi connectivity index (χ2v) is 10.8. The van der Waals surface area contributed by atoms with E-state index >= 15 is 0 Å². The van der Waals surface area contributed by atoms with Gasteiger partial charge >= 0.3 is 5.97 Å². The fourth-order valence-corrected chi connectivity index (χ4v) is 5.50. The highest BCUT2D eigenvalue weighted by atomic mass is 16.4. The lowest BCUT2D eigenvalue weighted by Crippen LogP contribution is -2.49. The first-order valence-electron chi connectivity index (χ1n) is 14.6. The van der Waals surface area contributed by atoms with Crippen molar-refractivity contribution in [2.75, 3.05) is 11.9 Å². The van der Waals surface area contributed by atoms with E-state index in [1.54, 1.807) is 12.3 Å². The van der Waals surface area contributed by atoms with Crippen LogP contribution >= 0.6 is 0 Å². The topological polar surface area (TPSA) is 169 Å². The molecule has 0 amide bonds. The second kappa shape index (κ2) is 16.5. The lowest BCUT2D eigenvalue weighted by atomic mass is 9.85. The Kier molecular flexibility index (Phi) is 12.8. The van der Waals surface area contributed by atoms with Crippen LogP contribution in [0.15, 0.2) is 58.1 Å². The van der Waals surface area contributed by atoms with E-state index in [0.717, 1.165) is 37.1 Å². The molecule has 0 saturated heterocycles. The van der Waals surface area contributed by atoms with Gasteiger partial charge in [-0.2, -0.15) is 0 Å². The number of hydrogen-bond acceptors (Lipinski definition) is 7. The minimum absolute atomic E-state index is 0.113. The first-order valence-corrected chi connectivity index (χ1v) is 14.6. The molecule has 10 nitrogen and oxygen atoms in total. The van der Waals surface area contributed by atoms with E-state index in [2.05, 4.69) is 32.5 Å². The van der Waals surface area contributed by atoms with Crippen molar-refractivity contribution in [1.82, 2.24) is 15.3 Å². The minimum Gasteiger partial charge on any atom is -0.478 e. The zero-order chi connectivity index (χ0) is 28.7. The Labute approximate surface area is 236 Å². The van der Waals surface area contributed by atoms with Crippen LogP contribution < -0.4 is 21.9 Å². The predicted octanol–water partition coefficient (Wildman–Crippen LogP) is 3.92. The molecule has 0 saturated carbocycles. The van der Waals surface area contributed by atoms with Gasteiger partial charge in [-0.25, -0.2) is 9.79 Å². The molecule has 0 unspecified atom stereocenters. The van der Waals surface area contributed by atoms with E-state index in [1.807, 2.05) is 24.4 Å². The highest BCUT2D eigenvalue weighted by molar-refractivity contribution is 5.82. The van der Waals surface area contributed by atoms with Crippen molar-refractivity contribution in [1.29, 1.82) is 0 Å². The fourth-order valence-electron chi connectivity index (χ4n) is 5.50. The number of hydrogen-bond donors (Lipinski definition) is 7. The van der Waals surface area contributed by atoms with Crippen LogP contribution in [0.4, 0.5) is 5.82 Å². The van der Waals surface area contributed by atoms with E-state index in [1.165, 1.54) is 38.2 Å². The number of aromatic amines is 2. The van der Waals surface area contributed by atoms with Gasteiger partial charge in [-0.3, -0.25) is 4.79 Å². The van der Waals surface area contributed by atoms with Crippen LogP contribution in [0.3, 0.4) is 0 Å². The number of pyridine rings is 1. The highest BCUT2D eigenvalue weighted by Crippen LogP contribution is 2.28. The number of nitrogens with zero attached hydrogens (tertiary/aromatic N) is 1. The average molecular weight is 555 g/mol. The molecule has 1 aliphatic heterocycles. The number of unbranched alkanes of at least 4 members (excludes halogenated alkanes) is 5. The number of carboxylic acids is 1. The van der Waals surface area contributed by atoms with E-state index in [4.69, 9.17) is 5.73 Å². The van der Waals surface area contributed by atoms with Crippen LogP contribution in [-0.2, 0) is 11.2 Å². The monoisotopic (exact) mass is 554 g/mol. The first kappa shape index (κ1) is 31.0. The molecule has 0 fully saturated rings. The SMILES string of the molecule is CCCCCCCC[C@H](CC[C@@H](Nc1ccc[nH]1)/C(=C/C(=O)O)[C@@H]1C[C@H](CO)NC(N)=N1)Cc1ccc(=O)[nH]c1. The largest absolute Gasteiger partial charge is 0.478 e. The van der Waals surface area contributed by atoms with Crippen LogP contribution in [-0.4, -0.2) is 56.8 Å². The zero-order valence-corrected chi connectivity index (χ0v) is 23.6. The molecule has 0 radical (unpaired) electrons. The number of nitrogens with two attached hydrogens (primary N) is 1. The summed E-state index contributed by atoms with van der Waals surface area (Å²) in [7, 11) is 0. The van der Waals surface area contributed by atoms with Crippen LogP contribution in [0.25, 0.3) is 0 Å². The lowest BCUT2D eigenvalue weighted by Gasteiger charge is -2.33. The maximum absolute atomic E-state index is 12.0. The van der Waals surface area contributed by atoms with Crippen molar-refractivity contribution in [3.05, 3.63) is 64.2 Å². The summed E-state index contributed by atoms with van der Waals surface area (Å²) < 4.78 is 0. The van der Waals surface area contributed by atoms with Crippen LogP contribution in [0.2, 0.25) is 0 Å². The molecule has 3 rings (SSSR count). The van der Waals surface area contributed by atoms with Crippen molar-refractivity contribution in [3.63, 3.8) is 0 Å². The summed E-state index contributed by atoms with van der Waals surface area (Å²) in [4.78, 5) is 34.0. The molecule has 0 spiro atoms. The summed E-state index contributed by atoms with van der Waals surface area (Å²) in [6, 6.07) is 6.17. The van der Waals surface area contributed by atoms with Crippen molar-refractivity contribution < 1.29 is 15.0 Å². The molecular formula is C30H46N6O4. The number of aromatic nitrogens is 2. The minimum atomic E-state index is -1.04. The fraction of sp³-hybridized carbons (Fsp3) is 0.567. The summed E-state index contributed by atoms with van der Waals surface area (Å²) >= 11 is 0. The van der Waals surface area contributed by atoms with Crippen LogP contribution in [0.1, 0.15) is 76.7 Å². The van der Waals surface area contributed by atoms with Crippen molar-refractivity contribution >= 4 is 17.7 Å². The molecule has 2 aromatic rings. The molecule has 4 atom stereocenters. The summed E-state index contributed by atoms with van der Waals surface area (Å²) in [6.07, 6.45) is 16.1. The van der Waals surface area contributed by atoms with Crippen LogP contribution in [0.5, 0.6) is 0 Å². The van der Waals surface area contributed by atoms with Gasteiger partial charge in [0.1, 0.15) is 5.82 Å². The standard InChI is InChI=1S/C30H46N6O4/c1-2-3-4-5-6-7-9-21(16-22-12-14-28(38)33-19-22)11-13-25(35-27-10-8-15-32-27)24(18-29(39)40)26-17-23(20-37)34-30(31)36-26/h8,10,12,14-15,18-19,21,23,25-26,32,35,37H,2-7,9,11,13,16-17,20H2,1H3,(H,33,38)(H,39,40)(H3,31,34,36)/b24-18-/t21-,23-,25-,26+/m1/s1. The molecule has 0 aromatic carbocycles. The molecular weight excluding hydrogens is 508 g/mol. The average Bonchev–Trinajstić information content (AvgIpc) is 3.45. The Morgan fingerprint density at radius 2 is 1.95 bits per heavy atom. The van der Waals surface area contributed by atoms with Crippen molar-refractivity contribution in [2.24, 2.45) is 16.6 Å². The van der Waals surface area contributed by atoms with E-state index < -0.39 is 12.0 Å². The normalized spacial score (nSPS) is 18.9. The number of rotatable bonds is 18. The van der Waals surface area contributed by atoms with Gasteiger partial charge in [0.2, 0.25) is 5.56 Å². The third-order valence-electron chi connectivity index (χ3n) is 7.58. The molecule has 3 heterocycles. The van der Waals surface area contributed by atoms with Gasteiger partial charge in [-0.1, -0.05) is 57.9 Å². The summed E-state index contributed by atoms with van der Waals surface area (Å²) in [6.45, 7) is 2.10. The molecule has 0 aliphatic carbocycles. The number of aliphatic carboxylic acids is 1. The lowest BCUT2D eigenvalue weighted by molar-refractivity contribution is -0.131. The zero-order valence-electron chi connectivity index (χ0n) is 23.6. The number of H-pyrrole nitrogens is 2. The highest BCUT2D eigenvalue weighted by Gasteiger charge is 2.30. The molecule has 0 bridgehead atoms. The quantitative estimate of drug-likeness (QED) is 0.108. The number of carbonyl (C=O) groups is 1. The third kappa shape index (κ3) is 10.6. The van der Waals surface area contributed by atoms with Gasteiger partial charge < -0.3 is 36.5 Å². The van der Waals surface area contributed by atoms with Crippen LogP contribution in [0, 0.1) is 5.92 Å². The van der Waals surface area contributed by atoms with Gasteiger partial charge in [0.25, 0.3) is 0 Å². The Bertz CT molecular complexity index is 1120. The van der Waals surface area contributed by atoms with Gasteiger partial charge in [0, 0.05) is 24.5 Å². The van der Waals surface area contributed by atoms with Gasteiger partial charge in [-0.05, 0) is 54.9 Å². The molecule has 1 aliphatic rings. The van der Waals surface area contributed by atoms with E-state index in [9.17, 15) is 19.8 Å². The third-order valence-corrected chi connectivity index (χ3v) is 7.58. The Balaban J connectivity index is 1.80. The maximum atomic E-state index is 12.0. The molecule has 40 heavy (non-hydrogen) atoms. The number of aliphatic imine (C=N–C) groups is 1. The second-order valence-electron chi connectivity index (χ2n) is 10.8. The number of nitrogens with one attached hydrogen (secondary N) is 4. The Morgan fingerprint density at radius 3 is 2.62 bits per heavy atom. The molecule has 220 valence electrons. The smallest absolute Gasteiger partial charge is 0.328 e. The number of aliphatic hydroxyl groups excluding tert-OH is 1. The number of carboxylic acid groups (broad SMARTS) is 1. The Morgan fingerprint density at radius 1 is 1.15 bits per heavy atom. The molecule has 2 aromatic heterocycles. The molecule has 10 heteroatoms. The van der Waals surface area contributed by atoms with Gasteiger partial charge in [-0.15, -0.1) is 0 Å². The number of aliphatic hydroxyl groups is 1. The van der Waals surface area contributed by atoms with Gasteiger partial charge in [0.05, 0.1) is 24.7 Å². The van der Waals surface area contributed by atoms with Gasteiger partial charge in [0.15, 0.2) is 5.96 Å². The van der Waals surface area contributed by atoms with E-state index in [-0.39, 0.29) is 30.2 Å². The van der Waals surface area contributed by atoms with E-state index in [0.29, 0.717) is 24.3 Å². The number of guanidine groups is 1. The summed E-state index contributed by atoms with van der Waals surface area (Å²) in [5.41, 5.74) is 7.62. The maximum Gasteiger partial charge on any atom is 0.328 e. The molecule has 8 N–H and O–H groups in total. The van der Waals surface area contributed by atoms with Crippen molar-refractivity contribution in [3.8, 4) is 0 Å². The Hall–Kier alpha value is -3.53. The van der Waals surface area contributed by atoms with Crippen molar-refractivity contribution in [2.45, 2.75) is 95.7 Å². The first-order chi connectivity index (χ1) is 19.4. The summed E-state index contributed by atoms with van der Waals surface area (Å²) in [5, 5.41) is 26.0. The summed E-state index contributed by atoms with van der Waals surface area (Å²) in [5.74, 6) is 0.309.